The van der Waals surface area contributed by atoms with Crippen LogP contribution in [0.3, 0.4) is 0 Å². The summed E-state index contributed by atoms with van der Waals surface area (Å²) in [5.41, 5.74) is 0. The van der Waals surface area contributed by atoms with Crippen molar-refractivity contribution >= 4 is 0 Å². The first-order valence-electron chi connectivity index (χ1n) is 0. The zero-order valence-electron chi connectivity index (χ0n) is 2.68. The number of hydrogen-bond acceptors (Lipinski definition) is 5. The van der Waals surface area contributed by atoms with Crippen molar-refractivity contribution in [1.82, 2.24) is 0 Å². The van der Waals surface area contributed by atoms with Gasteiger partial charge in [0.05, 0.1) is 0 Å². The molecule has 5 N–H and O–H groups in total. The van der Waals surface area contributed by atoms with Gasteiger partial charge in [-0.3, -0.25) is 0 Å². The minimum atomic E-state index is 0. The molecule has 0 spiro atoms. The topological polar surface area (TPSA) is 150 Å². The fourth-order valence-electron chi connectivity index (χ4n) is 0. The standard InChI is InChI=1S/Nb.5H2O/h;5*1H2/p-5. The Morgan fingerprint density at radius 1 is 0.333 bits per heavy atom. The van der Waals surface area contributed by atoms with E-state index in [4.69, 9.17) is 0 Å². The van der Waals surface area contributed by atoms with E-state index in [9.17, 15) is 0 Å². The third-order valence-electron chi connectivity index (χ3n) is 0. The van der Waals surface area contributed by atoms with Gasteiger partial charge >= 0.3 is 0 Å². The molecule has 6 heteroatoms. The third kappa shape index (κ3) is 195. The average Bonchev–Trinajstić information content (AvgIpc) is 0. The first-order chi connectivity index (χ1) is 0. The molecule has 0 aliphatic carbocycles. The van der Waals surface area contributed by atoms with Crippen LogP contribution in [0.1, 0.15) is 0 Å². The molecule has 0 saturated carbocycles. The van der Waals surface area contributed by atoms with E-state index in [1.54, 1.807) is 0 Å². The number of hydrogen-bond donors (Lipinski definition) is 0. The molecule has 0 bridgehead atoms. The molecule has 0 aromatic carbocycles. The van der Waals surface area contributed by atoms with Gasteiger partial charge < -0.3 is 27.4 Å². The zero-order chi connectivity index (χ0) is 0. The molecule has 0 aromatic rings. The second-order valence-electron chi connectivity index (χ2n) is 0. The van der Waals surface area contributed by atoms with Gasteiger partial charge in [0, 0.05) is 22.4 Å². The normalized spacial score (nSPS) is 0. The molecule has 0 rings (SSSR count). The van der Waals surface area contributed by atoms with E-state index < -0.39 is 0 Å². The van der Waals surface area contributed by atoms with Gasteiger partial charge in [-0.25, -0.2) is 0 Å². The van der Waals surface area contributed by atoms with Crippen LogP contribution in [0.5, 0.6) is 0 Å². The maximum Gasteiger partial charge on any atom is 0 e. The Balaban J connectivity index is 0. The maximum absolute atomic E-state index is 0. The van der Waals surface area contributed by atoms with Crippen LogP contribution in [0, 0.1) is 0 Å². The van der Waals surface area contributed by atoms with E-state index in [1.807, 2.05) is 0 Å². The second kappa shape index (κ2) is 391. The summed E-state index contributed by atoms with van der Waals surface area (Å²) in [6.45, 7) is 0. The van der Waals surface area contributed by atoms with Gasteiger partial charge in [0.2, 0.25) is 0 Å². The van der Waals surface area contributed by atoms with Gasteiger partial charge in [-0.1, -0.05) is 0 Å². The first-order valence-corrected chi connectivity index (χ1v) is 0. The summed E-state index contributed by atoms with van der Waals surface area (Å²) in [4.78, 5) is 0. The predicted molar refractivity (Wildman–Crippen MR) is 9.68 cm³/mol. The van der Waals surface area contributed by atoms with Crippen molar-refractivity contribution in [3.05, 3.63) is 0 Å². The molecule has 0 atom stereocenters. The van der Waals surface area contributed by atoms with Gasteiger partial charge in [-0.05, 0) is 0 Å². The van der Waals surface area contributed by atoms with Crippen molar-refractivity contribution in [2.24, 2.45) is 0 Å². The molecule has 0 saturated heterocycles. The van der Waals surface area contributed by atoms with Crippen LogP contribution in [0.25, 0.3) is 0 Å². The van der Waals surface area contributed by atoms with Crippen molar-refractivity contribution in [2.45, 2.75) is 0 Å². The Labute approximate surface area is 50.4 Å². The Morgan fingerprint density at radius 3 is 0.333 bits per heavy atom. The summed E-state index contributed by atoms with van der Waals surface area (Å²) < 4.78 is 0. The molecule has 0 heterocycles. The average molecular weight is 178 g/mol. The molecule has 0 fully saturated rings. The van der Waals surface area contributed by atoms with Crippen LogP contribution in [0.4, 0.5) is 0 Å². The Hall–Kier alpha value is 0.540. The molecule has 5 nitrogen and oxygen atoms in total. The van der Waals surface area contributed by atoms with E-state index >= 15 is 0 Å². The monoisotopic (exact) mass is 178 g/mol. The van der Waals surface area contributed by atoms with E-state index in [1.165, 1.54) is 0 Å². The molecule has 6 heavy (non-hydrogen) atoms. The molecular formula is H5NbO5-5. The SMILES string of the molecule is [Nb].[OH-].[OH-].[OH-].[OH-].[OH-]. The summed E-state index contributed by atoms with van der Waals surface area (Å²) in [5, 5.41) is 0. The molecule has 1 radical (unpaired) electrons. The van der Waals surface area contributed by atoms with Gasteiger partial charge in [-0.15, -0.1) is 0 Å². The third-order valence-corrected chi connectivity index (χ3v) is 0. The van der Waals surface area contributed by atoms with Crippen molar-refractivity contribution in [2.75, 3.05) is 0 Å². The van der Waals surface area contributed by atoms with Crippen LogP contribution in [-0.2, 0) is 22.4 Å². The van der Waals surface area contributed by atoms with Gasteiger partial charge in [-0.2, -0.15) is 0 Å². The summed E-state index contributed by atoms with van der Waals surface area (Å²) in [7, 11) is 0. The summed E-state index contributed by atoms with van der Waals surface area (Å²) in [6.07, 6.45) is 0. The molecular weight excluding hydrogens is 173 g/mol. The van der Waals surface area contributed by atoms with Crippen LogP contribution in [0.15, 0.2) is 0 Å². The minimum absolute atomic E-state index is 0. The molecule has 0 aliphatic rings. The summed E-state index contributed by atoms with van der Waals surface area (Å²) in [5.74, 6) is 0. The van der Waals surface area contributed by atoms with Crippen LogP contribution in [-0.4, -0.2) is 27.4 Å². The van der Waals surface area contributed by atoms with Crippen molar-refractivity contribution in [1.29, 1.82) is 0 Å². The van der Waals surface area contributed by atoms with E-state index in [2.05, 4.69) is 0 Å². The first kappa shape index (κ1) is 688. The predicted octanol–water partition coefficient (Wildman–Crippen LogP) is -0.886. The quantitative estimate of drug-likeness (QED) is 0.440. The smallest absolute Gasteiger partial charge is 0 e. The zero-order valence-corrected chi connectivity index (χ0v) is 4.88. The van der Waals surface area contributed by atoms with E-state index in [0.29, 0.717) is 0 Å². The van der Waals surface area contributed by atoms with Crippen LogP contribution < -0.4 is 0 Å². The Kier molecular flexibility index (Phi) is 44900. The van der Waals surface area contributed by atoms with Crippen molar-refractivity contribution in [3.63, 3.8) is 0 Å². The van der Waals surface area contributed by atoms with E-state index in [-0.39, 0.29) is 49.8 Å². The number of rotatable bonds is 0. The largest absolute Gasteiger partial charge is 0.870 e. The van der Waals surface area contributed by atoms with Crippen molar-refractivity contribution < 1.29 is 49.8 Å². The van der Waals surface area contributed by atoms with Gasteiger partial charge in [0.15, 0.2) is 0 Å². The molecule has 0 amide bonds. The minimum Gasteiger partial charge on any atom is -0.870 e. The van der Waals surface area contributed by atoms with Gasteiger partial charge in [0.25, 0.3) is 0 Å². The van der Waals surface area contributed by atoms with E-state index in [0.717, 1.165) is 0 Å². The van der Waals surface area contributed by atoms with Crippen LogP contribution >= 0.6 is 0 Å². The maximum atomic E-state index is 0. The Morgan fingerprint density at radius 2 is 0.333 bits per heavy atom. The second-order valence-corrected chi connectivity index (χ2v) is 0. The summed E-state index contributed by atoms with van der Waals surface area (Å²) >= 11 is 0. The van der Waals surface area contributed by atoms with Gasteiger partial charge in [0.1, 0.15) is 0 Å². The molecule has 0 aromatic heterocycles. The fourth-order valence-corrected chi connectivity index (χ4v) is 0. The fraction of sp³-hybridized carbons (Fsp3) is 0. The Bertz CT molecular complexity index is 3.90. The van der Waals surface area contributed by atoms with Crippen molar-refractivity contribution in [3.8, 4) is 0 Å². The molecule has 0 aliphatic heterocycles. The molecule has 0 unspecified atom stereocenters. The van der Waals surface area contributed by atoms with Crippen LogP contribution in [0.2, 0.25) is 0 Å². The molecule has 45 valence electrons. The summed E-state index contributed by atoms with van der Waals surface area (Å²) in [6, 6.07) is 0.